The maximum Gasteiger partial charge on any atom is 0.269 e. The first-order valence-corrected chi connectivity index (χ1v) is 6.97. The zero-order valence-corrected chi connectivity index (χ0v) is 10.8. The first kappa shape index (κ1) is 11.1. The number of aliphatic imine (C=N–C) groups is 1. The summed E-state index contributed by atoms with van der Waals surface area (Å²) in [6.45, 7) is 0. The fourth-order valence-corrected chi connectivity index (χ4v) is 3.71. The molecule has 2 aliphatic carbocycles. The monoisotopic (exact) mass is 256 g/mol. The van der Waals surface area contributed by atoms with Gasteiger partial charge in [-0.1, -0.05) is 0 Å². The average Bonchev–Trinajstić information content (AvgIpc) is 3.10. The molecule has 0 saturated heterocycles. The Kier molecular flexibility index (Phi) is 2.02. The van der Waals surface area contributed by atoms with E-state index >= 15 is 0 Å². The van der Waals surface area contributed by atoms with Crippen molar-refractivity contribution in [3.8, 4) is 0 Å². The molecule has 0 bridgehead atoms. The van der Waals surface area contributed by atoms with Gasteiger partial charge in [-0.3, -0.25) is 15.1 Å². The second-order valence-corrected chi connectivity index (χ2v) is 6.37. The molecule has 1 heterocycles. The summed E-state index contributed by atoms with van der Waals surface area (Å²) >= 11 is 0. The van der Waals surface area contributed by atoms with E-state index in [1.165, 1.54) is 25.7 Å². The Morgan fingerprint density at radius 3 is 2.42 bits per heavy atom. The maximum atomic E-state index is 10.9. The Labute approximate surface area is 111 Å². The lowest BCUT2D eigenvalue weighted by atomic mass is 9.67. The smallest absolute Gasteiger partial charge is 0.260 e. The second kappa shape index (κ2) is 3.44. The van der Waals surface area contributed by atoms with E-state index in [4.69, 9.17) is 0 Å². The predicted molar refractivity (Wildman–Crippen MR) is 73.1 cm³/mol. The molecule has 0 radical (unpaired) electrons. The van der Waals surface area contributed by atoms with E-state index in [1.807, 2.05) is 0 Å². The van der Waals surface area contributed by atoms with E-state index in [-0.39, 0.29) is 16.0 Å². The van der Waals surface area contributed by atoms with Crippen molar-refractivity contribution in [3.05, 3.63) is 33.9 Å². The Hall–Kier alpha value is -1.71. The van der Waals surface area contributed by atoms with Crippen LogP contribution in [0.25, 0.3) is 0 Å². The summed E-state index contributed by atoms with van der Waals surface area (Å²) in [5.74, 6) is 0. The summed E-state index contributed by atoms with van der Waals surface area (Å²) in [5, 5.41) is 10.9. The highest BCUT2D eigenvalue weighted by molar-refractivity contribution is 5.86. The Morgan fingerprint density at radius 1 is 1.11 bits per heavy atom. The molecular formula is C15H16N2O2. The number of nitro benzene ring substituents is 1. The molecule has 2 spiro atoms. The van der Waals surface area contributed by atoms with Gasteiger partial charge in [0.25, 0.3) is 5.69 Å². The van der Waals surface area contributed by atoms with Gasteiger partial charge in [0.1, 0.15) is 0 Å². The molecule has 1 aromatic rings. The third-order valence-corrected chi connectivity index (χ3v) is 5.34. The molecule has 4 heteroatoms. The maximum absolute atomic E-state index is 10.9. The fraction of sp³-hybridized carbons (Fsp3) is 0.533. The molecule has 0 unspecified atom stereocenters. The summed E-state index contributed by atoms with van der Waals surface area (Å²) in [4.78, 5) is 15.1. The zero-order chi connectivity index (χ0) is 13.1. The third kappa shape index (κ3) is 1.55. The van der Waals surface area contributed by atoms with Crippen molar-refractivity contribution in [3.63, 3.8) is 0 Å². The fourth-order valence-electron chi connectivity index (χ4n) is 3.71. The van der Waals surface area contributed by atoms with Crippen molar-refractivity contribution < 1.29 is 4.92 Å². The number of fused-ring (bicyclic) bond motifs is 2. The molecule has 0 atom stereocenters. The number of hydrogen-bond donors (Lipinski definition) is 0. The van der Waals surface area contributed by atoms with E-state index in [0.29, 0.717) is 5.41 Å². The van der Waals surface area contributed by atoms with Crippen molar-refractivity contribution in [2.75, 3.05) is 0 Å². The van der Waals surface area contributed by atoms with Crippen molar-refractivity contribution in [1.82, 2.24) is 0 Å². The van der Waals surface area contributed by atoms with Crippen LogP contribution in [0.2, 0.25) is 0 Å². The van der Waals surface area contributed by atoms with Gasteiger partial charge in [0.15, 0.2) is 0 Å². The number of non-ortho nitro benzene ring substituents is 1. The van der Waals surface area contributed by atoms with Crippen LogP contribution in [0.15, 0.2) is 23.2 Å². The lowest BCUT2D eigenvalue weighted by Gasteiger charge is -2.36. The quantitative estimate of drug-likeness (QED) is 0.565. The minimum atomic E-state index is -0.308. The molecule has 2 saturated carbocycles. The van der Waals surface area contributed by atoms with Crippen LogP contribution in [0.5, 0.6) is 0 Å². The summed E-state index contributed by atoms with van der Waals surface area (Å²) < 4.78 is 0. The van der Waals surface area contributed by atoms with Crippen LogP contribution in [-0.2, 0) is 5.41 Å². The minimum Gasteiger partial charge on any atom is -0.260 e. The van der Waals surface area contributed by atoms with E-state index < -0.39 is 0 Å². The summed E-state index contributed by atoms with van der Waals surface area (Å²) in [7, 11) is 0. The number of nitrogens with zero attached hydrogens (tertiary/aromatic N) is 2. The second-order valence-electron chi connectivity index (χ2n) is 6.37. The van der Waals surface area contributed by atoms with E-state index in [2.05, 4.69) is 11.2 Å². The molecule has 19 heavy (non-hydrogen) atoms. The molecule has 1 aromatic carbocycles. The van der Waals surface area contributed by atoms with Gasteiger partial charge in [0.05, 0.1) is 10.6 Å². The molecule has 1 aliphatic heterocycles. The lowest BCUT2D eigenvalue weighted by molar-refractivity contribution is -0.384. The average molecular weight is 256 g/mol. The van der Waals surface area contributed by atoms with Gasteiger partial charge in [0, 0.05) is 23.8 Å². The highest BCUT2D eigenvalue weighted by Gasteiger charge is 2.50. The van der Waals surface area contributed by atoms with Crippen molar-refractivity contribution in [1.29, 1.82) is 0 Å². The van der Waals surface area contributed by atoms with Crippen LogP contribution in [0.4, 0.5) is 11.4 Å². The molecule has 4 rings (SSSR count). The van der Waals surface area contributed by atoms with Crippen LogP contribution < -0.4 is 0 Å². The molecule has 0 N–H and O–H groups in total. The Bertz CT molecular complexity index is 592. The third-order valence-electron chi connectivity index (χ3n) is 5.34. The van der Waals surface area contributed by atoms with Gasteiger partial charge in [-0.2, -0.15) is 0 Å². The lowest BCUT2D eigenvalue weighted by Crippen LogP contribution is -2.32. The molecular weight excluding hydrogens is 240 g/mol. The molecule has 2 fully saturated rings. The highest BCUT2D eigenvalue weighted by atomic mass is 16.6. The van der Waals surface area contributed by atoms with Gasteiger partial charge < -0.3 is 0 Å². The minimum absolute atomic E-state index is 0.0187. The number of hydrogen-bond acceptors (Lipinski definition) is 3. The van der Waals surface area contributed by atoms with Crippen molar-refractivity contribution in [2.24, 2.45) is 10.4 Å². The van der Waals surface area contributed by atoms with Gasteiger partial charge in [-0.15, -0.1) is 0 Å². The summed E-state index contributed by atoms with van der Waals surface area (Å²) in [5.41, 5.74) is 2.81. The molecule has 0 aromatic heterocycles. The standard InChI is InChI=1S/C15H16N2O2/c18-17(19)11-1-2-13-12(9-11)15(10-16-13)7-5-14(3-4-14)6-8-15/h1-2,9-10H,3-8H2. The summed E-state index contributed by atoms with van der Waals surface area (Å²) in [6.07, 6.45) is 9.51. The van der Waals surface area contributed by atoms with Crippen LogP contribution in [0.1, 0.15) is 44.1 Å². The first-order valence-electron chi connectivity index (χ1n) is 6.97. The molecule has 0 amide bonds. The zero-order valence-electron chi connectivity index (χ0n) is 10.8. The van der Waals surface area contributed by atoms with Crippen LogP contribution in [-0.4, -0.2) is 11.1 Å². The Balaban J connectivity index is 1.72. The van der Waals surface area contributed by atoms with Crippen molar-refractivity contribution >= 4 is 17.6 Å². The number of nitro groups is 1. The summed E-state index contributed by atoms with van der Waals surface area (Å²) in [6, 6.07) is 5.09. The largest absolute Gasteiger partial charge is 0.269 e. The van der Waals surface area contributed by atoms with Crippen LogP contribution >= 0.6 is 0 Å². The Morgan fingerprint density at radius 2 is 1.79 bits per heavy atom. The van der Waals surface area contributed by atoms with E-state index in [1.54, 1.807) is 18.2 Å². The number of rotatable bonds is 1. The van der Waals surface area contributed by atoms with Gasteiger partial charge in [-0.05, 0) is 55.6 Å². The number of benzene rings is 1. The van der Waals surface area contributed by atoms with Gasteiger partial charge in [-0.25, -0.2) is 0 Å². The normalized spacial score (nSPS) is 24.6. The SMILES string of the molecule is O=[N+]([O-])c1ccc2c(c1)C1(C=N2)CCC2(CC2)CC1. The van der Waals surface area contributed by atoms with Crippen molar-refractivity contribution in [2.45, 2.75) is 43.9 Å². The highest BCUT2D eigenvalue weighted by Crippen LogP contribution is 2.61. The van der Waals surface area contributed by atoms with Crippen LogP contribution in [0.3, 0.4) is 0 Å². The molecule has 3 aliphatic rings. The topological polar surface area (TPSA) is 55.5 Å². The predicted octanol–water partition coefficient (Wildman–Crippen LogP) is 3.90. The van der Waals surface area contributed by atoms with E-state index in [9.17, 15) is 10.1 Å². The first-order chi connectivity index (χ1) is 9.13. The van der Waals surface area contributed by atoms with Crippen LogP contribution in [0, 0.1) is 15.5 Å². The van der Waals surface area contributed by atoms with E-state index in [0.717, 1.165) is 24.1 Å². The van der Waals surface area contributed by atoms with Gasteiger partial charge >= 0.3 is 0 Å². The van der Waals surface area contributed by atoms with Gasteiger partial charge in [0.2, 0.25) is 0 Å². The molecule has 98 valence electrons. The molecule has 4 nitrogen and oxygen atoms in total.